The Bertz CT molecular complexity index is 758. The second kappa shape index (κ2) is 7.92. The van der Waals surface area contributed by atoms with Gasteiger partial charge in [0.25, 0.3) is 5.91 Å². The monoisotopic (exact) mass is 528 g/mol. The third-order valence-corrected chi connectivity index (χ3v) is 4.59. The molecule has 0 aromatic heterocycles. The van der Waals surface area contributed by atoms with Gasteiger partial charge in [0.15, 0.2) is 5.11 Å². The van der Waals surface area contributed by atoms with Crippen LogP contribution in [-0.4, -0.2) is 11.0 Å². The summed E-state index contributed by atoms with van der Waals surface area (Å²) >= 11 is 22.7. The van der Waals surface area contributed by atoms with Crippen LogP contribution in [0.15, 0.2) is 40.9 Å². The summed E-state index contributed by atoms with van der Waals surface area (Å²) in [6, 6.07) is 10.5. The van der Waals surface area contributed by atoms with Crippen molar-refractivity contribution in [1.82, 2.24) is 5.32 Å². The Kier molecular flexibility index (Phi) is 6.46. The van der Waals surface area contributed by atoms with Crippen molar-refractivity contribution in [2.75, 3.05) is 5.32 Å². The number of thiocarbonyl (C=S) groups is 1. The summed E-state index contributed by atoms with van der Waals surface area (Å²) in [7, 11) is 0. The third-order valence-electron chi connectivity index (χ3n) is 2.58. The van der Waals surface area contributed by atoms with Gasteiger partial charge in [0.2, 0.25) is 0 Å². The Morgan fingerprint density at radius 1 is 1.14 bits per heavy atom. The molecule has 2 rings (SSSR count). The molecule has 0 radical (unpaired) electrons. The van der Waals surface area contributed by atoms with E-state index >= 15 is 0 Å². The number of benzene rings is 2. The zero-order valence-corrected chi connectivity index (χ0v) is 16.9. The molecule has 0 aliphatic rings. The van der Waals surface area contributed by atoms with E-state index in [1.54, 1.807) is 24.3 Å². The van der Waals surface area contributed by atoms with Gasteiger partial charge in [-0.15, -0.1) is 0 Å². The molecule has 0 fully saturated rings. The van der Waals surface area contributed by atoms with E-state index in [0.29, 0.717) is 21.3 Å². The van der Waals surface area contributed by atoms with Crippen molar-refractivity contribution in [2.45, 2.75) is 0 Å². The SMILES string of the molecule is O=C(NC(=S)Nc1ccc(Br)cc1Cl)c1cc(I)ccc1Cl. The van der Waals surface area contributed by atoms with Crippen molar-refractivity contribution in [3.05, 3.63) is 60.0 Å². The first-order valence-corrected chi connectivity index (χ1v) is 8.93. The third kappa shape index (κ3) is 4.79. The first kappa shape index (κ1) is 17.9. The van der Waals surface area contributed by atoms with Crippen molar-refractivity contribution in [2.24, 2.45) is 0 Å². The summed E-state index contributed by atoms with van der Waals surface area (Å²) in [6.45, 7) is 0. The highest BCUT2D eigenvalue weighted by molar-refractivity contribution is 14.1. The van der Waals surface area contributed by atoms with Crippen LogP contribution in [0.25, 0.3) is 0 Å². The summed E-state index contributed by atoms with van der Waals surface area (Å²) in [5, 5.41) is 6.44. The van der Waals surface area contributed by atoms with Crippen molar-refractivity contribution in [3.63, 3.8) is 0 Å². The minimum Gasteiger partial charge on any atom is -0.331 e. The number of anilines is 1. The molecule has 0 aliphatic heterocycles. The van der Waals surface area contributed by atoms with E-state index in [0.717, 1.165) is 8.04 Å². The number of hydrogen-bond acceptors (Lipinski definition) is 2. The molecule has 0 spiro atoms. The Morgan fingerprint density at radius 2 is 1.86 bits per heavy atom. The number of carbonyl (C=O) groups excluding carboxylic acids is 1. The average molecular weight is 530 g/mol. The molecular weight excluding hydrogens is 522 g/mol. The number of rotatable bonds is 2. The fourth-order valence-corrected chi connectivity index (χ4v) is 3.20. The molecule has 2 aromatic rings. The fraction of sp³-hybridized carbons (Fsp3) is 0. The summed E-state index contributed by atoms with van der Waals surface area (Å²) in [5.41, 5.74) is 0.962. The molecule has 0 unspecified atom stereocenters. The number of carbonyl (C=O) groups is 1. The maximum atomic E-state index is 12.2. The zero-order valence-electron chi connectivity index (χ0n) is 10.8. The quantitative estimate of drug-likeness (QED) is 0.399. The topological polar surface area (TPSA) is 41.1 Å². The molecule has 1 amide bonds. The van der Waals surface area contributed by atoms with Crippen LogP contribution in [0.1, 0.15) is 10.4 Å². The molecule has 8 heteroatoms. The first-order valence-electron chi connectivity index (χ1n) is 5.89. The predicted octanol–water partition coefficient (Wildman–Crippen LogP) is 5.49. The minimum absolute atomic E-state index is 0.143. The van der Waals surface area contributed by atoms with Gasteiger partial charge in [-0.25, -0.2) is 0 Å². The van der Waals surface area contributed by atoms with Gasteiger partial charge >= 0.3 is 0 Å². The lowest BCUT2D eigenvalue weighted by Gasteiger charge is -2.12. The number of halogens is 4. The normalized spacial score (nSPS) is 10.2. The van der Waals surface area contributed by atoms with Crippen LogP contribution in [0.3, 0.4) is 0 Å². The second-order valence-corrected chi connectivity index (χ2v) is 7.54. The van der Waals surface area contributed by atoms with Crippen LogP contribution in [0.5, 0.6) is 0 Å². The molecule has 0 saturated carbocycles. The van der Waals surface area contributed by atoms with E-state index in [4.69, 9.17) is 35.4 Å². The maximum absolute atomic E-state index is 12.2. The molecule has 2 aromatic carbocycles. The predicted molar refractivity (Wildman–Crippen MR) is 107 cm³/mol. The standard InChI is InChI=1S/C14H8BrCl2IN2OS/c15-7-1-4-12(11(17)5-7)19-14(22)20-13(21)9-6-8(18)2-3-10(9)16/h1-6H,(H2,19,20,21,22). The lowest BCUT2D eigenvalue weighted by molar-refractivity contribution is 0.0978. The van der Waals surface area contributed by atoms with Gasteiger partial charge < -0.3 is 5.32 Å². The van der Waals surface area contributed by atoms with Crippen LogP contribution in [0.2, 0.25) is 10.0 Å². The maximum Gasteiger partial charge on any atom is 0.258 e. The Labute approximate surface area is 165 Å². The van der Waals surface area contributed by atoms with Gasteiger partial charge in [-0.2, -0.15) is 0 Å². The van der Waals surface area contributed by atoms with E-state index < -0.39 is 0 Å². The lowest BCUT2D eigenvalue weighted by Crippen LogP contribution is -2.34. The summed E-state index contributed by atoms with van der Waals surface area (Å²) in [5.74, 6) is -0.380. The van der Waals surface area contributed by atoms with E-state index in [1.807, 2.05) is 12.1 Å². The van der Waals surface area contributed by atoms with Crippen molar-refractivity contribution in [3.8, 4) is 0 Å². The largest absolute Gasteiger partial charge is 0.331 e. The number of nitrogens with one attached hydrogen (secondary N) is 2. The number of hydrogen-bond donors (Lipinski definition) is 2. The smallest absolute Gasteiger partial charge is 0.258 e. The van der Waals surface area contributed by atoms with Gasteiger partial charge in [-0.1, -0.05) is 39.1 Å². The van der Waals surface area contributed by atoms with Crippen LogP contribution < -0.4 is 10.6 Å². The molecule has 0 atom stereocenters. The molecular formula is C14H8BrCl2IN2OS. The molecule has 22 heavy (non-hydrogen) atoms. The van der Waals surface area contributed by atoms with Crippen molar-refractivity contribution in [1.29, 1.82) is 0 Å². The molecule has 114 valence electrons. The Balaban J connectivity index is 2.08. The Hall–Kier alpha value is -0.410. The van der Waals surface area contributed by atoms with Gasteiger partial charge in [0, 0.05) is 8.04 Å². The highest BCUT2D eigenvalue weighted by atomic mass is 127. The summed E-state index contributed by atoms with van der Waals surface area (Å²) in [4.78, 5) is 12.2. The van der Waals surface area contributed by atoms with Crippen LogP contribution in [0, 0.1) is 3.57 Å². The molecule has 0 heterocycles. The fourth-order valence-electron chi connectivity index (χ4n) is 1.59. The second-order valence-electron chi connectivity index (χ2n) is 4.16. The van der Waals surface area contributed by atoms with E-state index in [-0.39, 0.29) is 11.0 Å². The van der Waals surface area contributed by atoms with Crippen LogP contribution >= 0.6 is 73.9 Å². The lowest BCUT2D eigenvalue weighted by atomic mass is 10.2. The van der Waals surface area contributed by atoms with E-state index in [2.05, 4.69) is 49.2 Å². The minimum atomic E-state index is -0.380. The first-order chi connectivity index (χ1) is 10.4. The molecule has 2 N–H and O–H groups in total. The van der Waals surface area contributed by atoms with E-state index in [1.165, 1.54) is 0 Å². The highest BCUT2D eigenvalue weighted by Gasteiger charge is 2.13. The van der Waals surface area contributed by atoms with Gasteiger partial charge in [-0.05, 0) is 71.2 Å². The van der Waals surface area contributed by atoms with Crippen LogP contribution in [-0.2, 0) is 0 Å². The van der Waals surface area contributed by atoms with Crippen LogP contribution in [0.4, 0.5) is 5.69 Å². The zero-order chi connectivity index (χ0) is 16.3. The van der Waals surface area contributed by atoms with Crippen molar-refractivity contribution >= 4 is 90.6 Å². The van der Waals surface area contributed by atoms with Gasteiger partial charge in [-0.3, -0.25) is 10.1 Å². The molecule has 0 saturated heterocycles. The van der Waals surface area contributed by atoms with Gasteiger partial charge in [0.05, 0.1) is 21.3 Å². The molecule has 3 nitrogen and oxygen atoms in total. The summed E-state index contributed by atoms with van der Waals surface area (Å²) < 4.78 is 1.76. The molecule has 0 aliphatic carbocycles. The average Bonchev–Trinajstić information content (AvgIpc) is 2.44. The molecule has 0 bridgehead atoms. The number of amides is 1. The van der Waals surface area contributed by atoms with E-state index in [9.17, 15) is 4.79 Å². The van der Waals surface area contributed by atoms with Gasteiger partial charge in [0.1, 0.15) is 0 Å². The highest BCUT2D eigenvalue weighted by Crippen LogP contribution is 2.25. The summed E-state index contributed by atoms with van der Waals surface area (Å²) in [6.07, 6.45) is 0. The van der Waals surface area contributed by atoms with Crippen molar-refractivity contribution < 1.29 is 4.79 Å². The Morgan fingerprint density at radius 3 is 2.55 bits per heavy atom.